The SMILES string of the molecule is CCOc1ccc(-c2nc(CSCC(=O)N3CCC(C(N)=O)CC3)c(C)o2)cc1. The number of nitrogens with two attached hydrogens (primary N) is 1. The van der Waals surface area contributed by atoms with Crippen molar-refractivity contribution in [2.75, 3.05) is 25.4 Å². The molecule has 8 heteroatoms. The first-order valence-electron chi connectivity index (χ1n) is 9.82. The molecule has 1 aliphatic heterocycles. The summed E-state index contributed by atoms with van der Waals surface area (Å²) in [5.41, 5.74) is 7.08. The van der Waals surface area contributed by atoms with Gasteiger partial charge in [0.25, 0.3) is 0 Å². The fraction of sp³-hybridized carbons (Fsp3) is 0.476. The summed E-state index contributed by atoms with van der Waals surface area (Å²) < 4.78 is 11.3. The first kappa shape index (κ1) is 21.2. The number of carbonyl (C=O) groups excluding carboxylic acids is 2. The number of ether oxygens (including phenoxy) is 1. The molecule has 0 bridgehead atoms. The number of rotatable bonds is 8. The number of hydrogen-bond donors (Lipinski definition) is 1. The van der Waals surface area contributed by atoms with Gasteiger partial charge in [-0.05, 0) is 51.0 Å². The van der Waals surface area contributed by atoms with Crippen molar-refractivity contribution in [1.29, 1.82) is 0 Å². The Balaban J connectivity index is 1.50. The highest BCUT2D eigenvalue weighted by atomic mass is 32.2. The van der Waals surface area contributed by atoms with Gasteiger partial charge in [0.1, 0.15) is 11.5 Å². The minimum atomic E-state index is -0.267. The van der Waals surface area contributed by atoms with Crippen molar-refractivity contribution in [1.82, 2.24) is 9.88 Å². The number of primary amides is 1. The summed E-state index contributed by atoms with van der Waals surface area (Å²) in [6, 6.07) is 7.64. The van der Waals surface area contributed by atoms with E-state index in [9.17, 15) is 9.59 Å². The van der Waals surface area contributed by atoms with Gasteiger partial charge in [0, 0.05) is 30.3 Å². The summed E-state index contributed by atoms with van der Waals surface area (Å²) in [6.45, 7) is 5.65. The zero-order valence-corrected chi connectivity index (χ0v) is 17.7. The number of thioether (sulfide) groups is 1. The monoisotopic (exact) mass is 417 g/mol. The van der Waals surface area contributed by atoms with E-state index in [1.54, 1.807) is 0 Å². The van der Waals surface area contributed by atoms with Crippen molar-refractivity contribution < 1.29 is 18.7 Å². The summed E-state index contributed by atoms with van der Waals surface area (Å²) in [4.78, 5) is 30.0. The van der Waals surface area contributed by atoms with Gasteiger partial charge in [0.15, 0.2) is 0 Å². The molecule has 2 N–H and O–H groups in total. The van der Waals surface area contributed by atoms with Crippen molar-refractivity contribution in [3.8, 4) is 17.2 Å². The lowest BCUT2D eigenvalue weighted by atomic mass is 9.96. The first-order chi connectivity index (χ1) is 14.0. The average molecular weight is 418 g/mol. The molecule has 0 saturated carbocycles. The second-order valence-corrected chi connectivity index (χ2v) is 8.02. The van der Waals surface area contributed by atoms with Gasteiger partial charge in [-0.1, -0.05) is 0 Å². The Morgan fingerprint density at radius 1 is 1.28 bits per heavy atom. The smallest absolute Gasteiger partial charge is 0.232 e. The molecule has 1 aromatic heterocycles. The van der Waals surface area contributed by atoms with Crippen LogP contribution in [0.2, 0.25) is 0 Å². The van der Waals surface area contributed by atoms with Crippen LogP contribution in [0.4, 0.5) is 0 Å². The predicted molar refractivity (Wildman–Crippen MR) is 113 cm³/mol. The number of oxazole rings is 1. The molecule has 0 unspecified atom stereocenters. The number of aromatic nitrogens is 1. The highest BCUT2D eigenvalue weighted by Gasteiger charge is 2.25. The zero-order valence-electron chi connectivity index (χ0n) is 16.8. The highest BCUT2D eigenvalue weighted by molar-refractivity contribution is 7.99. The van der Waals surface area contributed by atoms with Crippen LogP contribution < -0.4 is 10.5 Å². The summed E-state index contributed by atoms with van der Waals surface area (Å²) in [6.07, 6.45) is 1.30. The van der Waals surface area contributed by atoms with Crippen LogP contribution >= 0.6 is 11.8 Å². The molecule has 1 aromatic carbocycles. The number of aryl methyl sites for hydroxylation is 1. The number of nitrogens with zero attached hydrogens (tertiary/aromatic N) is 2. The molecule has 1 saturated heterocycles. The van der Waals surface area contributed by atoms with E-state index >= 15 is 0 Å². The molecular formula is C21H27N3O4S. The summed E-state index contributed by atoms with van der Waals surface area (Å²) in [5.74, 6) is 2.85. The molecule has 2 amide bonds. The molecule has 29 heavy (non-hydrogen) atoms. The maximum absolute atomic E-state index is 12.4. The van der Waals surface area contributed by atoms with Crippen LogP contribution in [0.25, 0.3) is 11.5 Å². The molecule has 156 valence electrons. The van der Waals surface area contributed by atoms with Crippen molar-refractivity contribution in [2.45, 2.75) is 32.4 Å². The Labute approximate surface area is 175 Å². The van der Waals surface area contributed by atoms with Crippen LogP contribution in [0.15, 0.2) is 28.7 Å². The Hall–Kier alpha value is -2.48. The minimum Gasteiger partial charge on any atom is -0.494 e. The minimum absolute atomic E-state index is 0.0887. The van der Waals surface area contributed by atoms with E-state index in [-0.39, 0.29) is 17.7 Å². The predicted octanol–water partition coefficient (Wildman–Crippen LogP) is 3.01. The summed E-state index contributed by atoms with van der Waals surface area (Å²) in [7, 11) is 0. The molecule has 0 aliphatic carbocycles. The van der Waals surface area contributed by atoms with Gasteiger partial charge in [-0.3, -0.25) is 9.59 Å². The van der Waals surface area contributed by atoms with Crippen LogP contribution in [-0.2, 0) is 15.3 Å². The quantitative estimate of drug-likeness (QED) is 0.709. The van der Waals surface area contributed by atoms with E-state index in [2.05, 4.69) is 4.98 Å². The summed E-state index contributed by atoms with van der Waals surface area (Å²) >= 11 is 1.52. The van der Waals surface area contributed by atoms with Crippen LogP contribution in [0.3, 0.4) is 0 Å². The van der Waals surface area contributed by atoms with Gasteiger partial charge in [-0.15, -0.1) is 11.8 Å². The maximum atomic E-state index is 12.4. The number of carbonyl (C=O) groups is 2. The molecule has 2 aromatic rings. The fourth-order valence-corrected chi connectivity index (χ4v) is 4.21. The zero-order chi connectivity index (χ0) is 20.8. The molecule has 1 aliphatic rings. The molecule has 0 atom stereocenters. The highest BCUT2D eigenvalue weighted by Crippen LogP contribution is 2.26. The number of likely N-dealkylation sites (tertiary alicyclic amines) is 1. The first-order valence-corrected chi connectivity index (χ1v) is 11.0. The van der Waals surface area contributed by atoms with E-state index in [4.69, 9.17) is 14.9 Å². The number of hydrogen-bond acceptors (Lipinski definition) is 6. The third kappa shape index (κ3) is 5.53. The molecular weight excluding hydrogens is 390 g/mol. The second-order valence-electron chi connectivity index (χ2n) is 7.03. The lowest BCUT2D eigenvalue weighted by Crippen LogP contribution is -2.42. The van der Waals surface area contributed by atoms with E-state index in [1.165, 1.54) is 11.8 Å². The van der Waals surface area contributed by atoms with Gasteiger partial charge in [0.2, 0.25) is 17.7 Å². The summed E-state index contributed by atoms with van der Waals surface area (Å²) in [5, 5.41) is 0. The molecule has 7 nitrogen and oxygen atoms in total. The average Bonchev–Trinajstić information content (AvgIpc) is 3.09. The van der Waals surface area contributed by atoms with Crippen LogP contribution in [-0.4, -0.2) is 47.1 Å². The maximum Gasteiger partial charge on any atom is 0.232 e. The van der Waals surface area contributed by atoms with Gasteiger partial charge in [0.05, 0.1) is 18.1 Å². The fourth-order valence-electron chi connectivity index (χ4n) is 3.29. The van der Waals surface area contributed by atoms with Crippen molar-refractivity contribution >= 4 is 23.6 Å². The standard InChI is InChI=1S/C21H27N3O4S/c1-3-27-17-6-4-16(5-7-17)21-23-18(14(2)28-21)12-29-13-19(25)24-10-8-15(9-11-24)20(22)26/h4-7,15H,3,8-13H2,1-2H3,(H2,22,26). The van der Waals surface area contributed by atoms with Gasteiger partial charge >= 0.3 is 0 Å². The van der Waals surface area contributed by atoms with Gasteiger partial charge in [-0.2, -0.15) is 0 Å². The number of benzene rings is 1. The third-order valence-corrected chi connectivity index (χ3v) is 5.95. The van der Waals surface area contributed by atoms with Crippen LogP contribution in [0.5, 0.6) is 5.75 Å². The Bertz CT molecular complexity index is 842. The van der Waals surface area contributed by atoms with Crippen molar-refractivity contribution in [3.05, 3.63) is 35.7 Å². The third-order valence-electron chi connectivity index (χ3n) is 5.02. The Morgan fingerprint density at radius 3 is 2.59 bits per heavy atom. The van der Waals surface area contributed by atoms with E-state index in [1.807, 2.05) is 43.0 Å². The lowest BCUT2D eigenvalue weighted by Gasteiger charge is -2.30. The van der Waals surface area contributed by atoms with Crippen LogP contribution in [0, 0.1) is 12.8 Å². The molecule has 3 rings (SSSR count). The molecule has 0 radical (unpaired) electrons. The van der Waals surface area contributed by atoms with Crippen LogP contribution in [0.1, 0.15) is 31.2 Å². The largest absolute Gasteiger partial charge is 0.494 e. The molecule has 1 fully saturated rings. The van der Waals surface area contributed by atoms with Crippen molar-refractivity contribution in [2.24, 2.45) is 11.7 Å². The molecule has 0 spiro atoms. The van der Waals surface area contributed by atoms with E-state index < -0.39 is 0 Å². The topological polar surface area (TPSA) is 98.7 Å². The number of piperidine rings is 1. The van der Waals surface area contributed by atoms with Gasteiger partial charge in [-0.25, -0.2) is 4.98 Å². The lowest BCUT2D eigenvalue weighted by molar-refractivity contribution is -0.132. The van der Waals surface area contributed by atoms with Gasteiger partial charge < -0.3 is 19.8 Å². The van der Waals surface area contributed by atoms with E-state index in [0.29, 0.717) is 49.9 Å². The Kier molecular flexibility index (Phi) is 7.19. The second kappa shape index (κ2) is 9.82. The normalized spacial score (nSPS) is 14.8. The molecule has 2 heterocycles. The van der Waals surface area contributed by atoms with E-state index in [0.717, 1.165) is 22.8 Å². The Morgan fingerprint density at radius 2 is 1.97 bits per heavy atom. The number of amides is 2. The van der Waals surface area contributed by atoms with Crippen molar-refractivity contribution in [3.63, 3.8) is 0 Å².